The molecule has 0 radical (unpaired) electrons. The summed E-state index contributed by atoms with van der Waals surface area (Å²) in [6, 6.07) is 0.662. The van der Waals surface area contributed by atoms with Crippen molar-refractivity contribution in [1.29, 1.82) is 0 Å². The van der Waals surface area contributed by atoms with Gasteiger partial charge in [0.05, 0.1) is 11.4 Å². The SMILES string of the molecule is CCc1nn(C)cc1NC1CCC(C)C1. The van der Waals surface area contributed by atoms with Crippen molar-refractivity contribution in [1.82, 2.24) is 9.78 Å². The monoisotopic (exact) mass is 207 g/mol. The van der Waals surface area contributed by atoms with Crippen LogP contribution in [-0.2, 0) is 13.5 Å². The average Bonchev–Trinajstić information content (AvgIpc) is 2.73. The van der Waals surface area contributed by atoms with Crippen molar-refractivity contribution in [2.45, 2.75) is 45.6 Å². The third-order valence-electron chi connectivity index (χ3n) is 3.29. The van der Waals surface area contributed by atoms with Crippen molar-refractivity contribution < 1.29 is 0 Å². The van der Waals surface area contributed by atoms with Gasteiger partial charge < -0.3 is 5.32 Å². The van der Waals surface area contributed by atoms with Gasteiger partial charge in [0.2, 0.25) is 0 Å². The molecule has 1 heterocycles. The van der Waals surface area contributed by atoms with Crippen molar-refractivity contribution in [2.75, 3.05) is 5.32 Å². The number of nitrogens with one attached hydrogen (secondary N) is 1. The minimum Gasteiger partial charge on any atom is -0.380 e. The summed E-state index contributed by atoms with van der Waals surface area (Å²) in [7, 11) is 1.99. The van der Waals surface area contributed by atoms with E-state index in [4.69, 9.17) is 0 Å². The Kier molecular flexibility index (Phi) is 2.98. The summed E-state index contributed by atoms with van der Waals surface area (Å²) < 4.78 is 1.90. The predicted octanol–water partition coefficient (Wildman–Crippen LogP) is 2.58. The minimum absolute atomic E-state index is 0.662. The Morgan fingerprint density at radius 1 is 1.53 bits per heavy atom. The van der Waals surface area contributed by atoms with Crippen molar-refractivity contribution in [3.8, 4) is 0 Å². The number of aromatic nitrogens is 2. The maximum atomic E-state index is 4.44. The summed E-state index contributed by atoms with van der Waals surface area (Å²) in [6.45, 7) is 4.50. The van der Waals surface area contributed by atoms with Crippen LogP contribution in [0.3, 0.4) is 0 Å². The summed E-state index contributed by atoms with van der Waals surface area (Å²) in [5.74, 6) is 0.879. The quantitative estimate of drug-likeness (QED) is 0.825. The highest BCUT2D eigenvalue weighted by molar-refractivity contribution is 5.47. The van der Waals surface area contributed by atoms with Crippen LogP contribution >= 0.6 is 0 Å². The zero-order valence-corrected chi connectivity index (χ0v) is 9.95. The summed E-state index contributed by atoms with van der Waals surface area (Å²) in [5.41, 5.74) is 2.43. The molecule has 3 heteroatoms. The van der Waals surface area contributed by atoms with Crippen LogP contribution in [0.1, 0.15) is 38.8 Å². The van der Waals surface area contributed by atoms with Crippen molar-refractivity contribution in [3.63, 3.8) is 0 Å². The molecule has 0 spiro atoms. The Hall–Kier alpha value is -0.990. The first-order valence-corrected chi connectivity index (χ1v) is 5.98. The van der Waals surface area contributed by atoms with E-state index in [1.165, 1.54) is 30.6 Å². The Morgan fingerprint density at radius 3 is 2.93 bits per heavy atom. The molecule has 0 saturated heterocycles. The molecule has 1 aromatic rings. The lowest BCUT2D eigenvalue weighted by Crippen LogP contribution is -2.15. The first-order chi connectivity index (χ1) is 7.19. The maximum Gasteiger partial charge on any atom is 0.0853 e. The third kappa shape index (κ3) is 2.33. The third-order valence-corrected chi connectivity index (χ3v) is 3.29. The van der Waals surface area contributed by atoms with E-state index in [-0.39, 0.29) is 0 Å². The largest absolute Gasteiger partial charge is 0.380 e. The molecule has 1 aliphatic carbocycles. The normalized spacial score (nSPS) is 25.8. The Morgan fingerprint density at radius 2 is 2.33 bits per heavy atom. The topological polar surface area (TPSA) is 29.9 Å². The van der Waals surface area contributed by atoms with E-state index in [1.54, 1.807) is 0 Å². The van der Waals surface area contributed by atoms with E-state index < -0.39 is 0 Å². The number of nitrogens with zero attached hydrogens (tertiary/aromatic N) is 2. The fourth-order valence-electron chi connectivity index (χ4n) is 2.47. The summed E-state index contributed by atoms with van der Waals surface area (Å²) >= 11 is 0. The predicted molar refractivity (Wildman–Crippen MR) is 63.0 cm³/mol. The van der Waals surface area contributed by atoms with Gasteiger partial charge in [0.1, 0.15) is 0 Å². The molecular weight excluding hydrogens is 186 g/mol. The van der Waals surface area contributed by atoms with E-state index in [2.05, 4.69) is 30.5 Å². The molecule has 84 valence electrons. The smallest absolute Gasteiger partial charge is 0.0853 e. The Bertz CT molecular complexity index is 330. The number of hydrogen-bond donors (Lipinski definition) is 1. The zero-order chi connectivity index (χ0) is 10.8. The molecule has 2 atom stereocenters. The second-order valence-corrected chi connectivity index (χ2v) is 4.78. The van der Waals surface area contributed by atoms with Crippen LogP contribution in [0, 0.1) is 5.92 Å². The highest BCUT2D eigenvalue weighted by atomic mass is 15.3. The number of rotatable bonds is 3. The van der Waals surface area contributed by atoms with Crippen LogP contribution in [0.2, 0.25) is 0 Å². The van der Waals surface area contributed by atoms with E-state index in [1.807, 2.05) is 11.7 Å². The first-order valence-electron chi connectivity index (χ1n) is 5.98. The van der Waals surface area contributed by atoms with Gasteiger partial charge in [0.25, 0.3) is 0 Å². The lowest BCUT2D eigenvalue weighted by Gasteiger charge is -2.13. The molecule has 0 bridgehead atoms. The van der Waals surface area contributed by atoms with Crippen molar-refractivity contribution in [2.24, 2.45) is 13.0 Å². The molecule has 2 unspecified atom stereocenters. The van der Waals surface area contributed by atoms with Crippen molar-refractivity contribution in [3.05, 3.63) is 11.9 Å². The first kappa shape index (κ1) is 10.5. The minimum atomic E-state index is 0.662. The highest BCUT2D eigenvalue weighted by Gasteiger charge is 2.22. The second-order valence-electron chi connectivity index (χ2n) is 4.78. The molecule has 3 nitrogen and oxygen atoms in total. The lowest BCUT2D eigenvalue weighted by atomic mass is 10.1. The fraction of sp³-hybridized carbons (Fsp3) is 0.750. The molecule has 0 aromatic carbocycles. The summed E-state index contributed by atoms with van der Waals surface area (Å²) in [6.07, 6.45) is 7.07. The van der Waals surface area contributed by atoms with Gasteiger partial charge >= 0.3 is 0 Å². The molecule has 15 heavy (non-hydrogen) atoms. The Balaban J connectivity index is 2.03. The summed E-state index contributed by atoms with van der Waals surface area (Å²) in [5, 5.41) is 8.07. The molecule has 2 rings (SSSR count). The standard InChI is InChI=1S/C12H21N3/c1-4-11-12(8-15(3)14-11)13-10-6-5-9(2)7-10/h8-10,13H,4-7H2,1-3H3. The molecule has 0 aliphatic heterocycles. The van der Waals surface area contributed by atoms with Gasteiger partial charge in [-0.2, -0.15) is 5.10 Å². The van der Waals surface area contributed by atoms with Crippen LogP contribution in [0.25, 0.3) is 0 Å². The van der Waals surface area contributed by atoms with Gasteiger partial charge in [-0.25, -0.2) is 0 Å². The van der Waals surface area contributed by atoms with Gasteiger partial charge in [-0.15, -0.1) is 0 Å². The fourth-order valence-corrected chi connectivity index (χ4v) is 2.47. The number of hydrogen-bond acceptors (Lipinski definition) is 2. The molecular formula is C12H21N3. The van der Waals surface area contributed by atoms with Crippen LogP contribution < -0.4 is 5.32 Å². The second kappa shape index (κ2) is 4.25. The molecule has 1 aliphatic rings. The van der Waals surface area contributed by atoms with Crippen LogP contribution in [0.15, 0.2) is 6.20 Å². The molecule has 1 saturated carbocycles. The maximum absolute atomic E-state index is 4.44. The van der Waals surface area contributed by atoms with Gasteiger partial charge in [0.15, 0.2) is 0 Å². The van der Waals surface area contributed by atoms with E-state index in [0.29, 0.717) is 6.04 Å². The number of anilines is 1. The molecule has 1 N–H and O–H groups in total. The van der Waals surface area contributed by atoms with Gasteiger partial charge in [-0.05, 0) is 31.6 Å². The Labute approximate surface area is 91.9 Å². The number of aryl methyl sites for hydroxylation is 2. The van der Waals surface area contributed by atoms with Crippen molar-refractivity contribution >= 4 is 5.69 Å². The van der Waals surface area contributed by atoms with E-state index in [9.17, 15) is 0 Å². The lowest BCUT2D eigenvalue weighted by molar-refractivity contribution is 0.602. The van der Waals surface area contributed by atoms with E-state index >= 15 is 0 Å². The van der Waals surface area contributed by atoms with Gasteiger partial charge in [-0.1, -0.05) is 13.8 Å². The van der Waals surface area contributed by atoms with Crippen LogP contribution in [0.5, 0.6) is 0 Å². The average molecular weight is 207 g/mol. The molecule has 0 amide bonds. The highest BCUT2D eigenvalue weighted by Crippen LogP contribution is 2.28. The summed E-state index contributed by atoms with van der Waals surface area (Å²) in [4.78, 5) is 0. The molecule has 1 aromatic heterocycles. The van der Waals surface area contributed by atoms with E-state index in [0.717, 1.165) is 12.3 Å². The zero-order valence-electron chi connectivity index (χ0n) is 9.95. The van der Waals surface area contributed by atoms with Gasteiger partial charge in [-0.3, -0.25) is 4.68 Å². The van der Waals surface area contributed by atoms with Crippen LogP contribution in [0.4, 0.5) is 5.69 Å². The molecule has 1 fully saturated rings. The van der Waals surface area contributed by atoms with Gasteiger partial charge in [0, 0.05) is 19.3 Å². The van der Waals surface area contributed by atoms with Crippen LogP contribution in [-0.4, -0.2) is 15.8 Å².